The molecule has 0 spiro atoms. The predicted molar refractivity (Wildman–Crippen MR) is 82.5 cm³/mol. The van der Waals surface area contributed by atoms with Crippen LogP contribution in [0.1, 0.15) is 20.7 Å². The second-order valence-electron chi connectivity index (χ2n) is 5.00. The number of nitrogens with zero attached hydrogens (tertiary/aromatic N) is 1. The van der Waals surface area contributed by atoms with Crippen molar-refractivity contribution in [1.29, 1.82) is 0 Å². The van der Waals surface area contributed by atoms with Crippen molar-refractivity contribution >= 4 is 28.5 Å². The van der Waals surface area contributed by atoms with E-state index in [9.17, 15) is 14.4 Å². The van der Waals surface area contributed by atoms with Crippen LogP contribution in [-0.4, -0.2) is 35.7 Å². The highest BCUT2D eigenvalue weighted by atomic mass is 16.2. The number of carbonyl (C=O) groups excluding carboxylic acids is 3. The second-order valence-corrected chi connectivity index (χ2v) is 5.00. The first kappa shape index (κ1) is 14.0. The van der Waals surface area contributed by atoms with Gasteiger partial charge >= 0.3 is 0 Å². The standard InChI is InChI=1S/C17H14N2O3/c1-2-9-18-14(20)10-19-16(21)12-7-3-5-11-6-4-8-13(15(11)12)17(19)22/h2-8H,1,9-10H2,(H,18,20). The molecule has 0 unspecified atom stereocenters. The van der Waals surface area contributed by atoms with Crippen LogP contribution in [0.2, 0.25) is 0 Å². The maximum atomic E-state index is 12.5. The van der Waals surface area contributed by atoms with Crippen LogP contribution in [-0.2, 0) is 4.79 Å². The summed E-state index contributed by atoms with van der Waals surface area (Å²) in [6.07, 6.45) is 1.54. The lowest BCUT2D eigenvalue weighted by molar-refractivity contribution is -0.121. The minimum Gasteiger partial charge on any atom is -0.351 e. The Bertz CT molecular complexity index is 760. The average molecular weight is 294 g/mol. The van der Waals surface area contributed by atoms with Crippen LogP contribution in [0.5, 0.6) is 0 Å². The Kier molecular flexibility index (Phi) is 3.47. The first-order valence-electron chi connectivity index (χ1n) is 6.89. The summed E-state index contributed by atoms with van der Waals surface area (Å²) in [4.78, 5) is 37.8. The topological polar surface area (TPSA) is 66.5 Å². The molecule has 0 radical (unpaired) electrons. The summed E-state index contributed by atoms with van der Waals surface area (Å²) < 4.78 is 0. The number of imide groups is 1. The maximum Gasteiger partial charge on any atom is 0.261 e. The van der Waals surface area contributed by atoms with Gasteiger partial charge in [0, 0.05) is 23.1 Å². The van der Waals surface area contributed by atoms with Crippen LogP contribution in [0.3, 0.4) is 0 Å². The van der Waals surface area contributed by atoms with E-state index in [-0.39, 0.29) is 6.54 Å². The molecule has 3 amide bonds. The fourth-order valence-corrected chi connectivity index (χ4v) is 2.61. The van der Waals surface area contributed by atoms with Crippen LogP contribution in [0, 0.1) is 0 Å². The highest BCUT2D eigenvalue weighted by molar-refractivity contribution is 6.26. The predicted octanol–water partition coefficient (Wildman–Crippen LogP) is 1.74. The largest absolute Gasteiger partial charge is 0.351 e. The van der Waals surface area contributed by atoms with Crippen molar-refractivity contribution < 1.29 is 14.4 Å². The summed E-state index contributed by atoms with van der Waals surface area (Å²) in [6.45, 7) is 3.50. The van der Waals surface area contributed by atoms with E-state index < -0.39 is 17.7 Å². The number of hydrogen-bond acceptors (Lipinski definition) is 3. The molecule has 5 heteroatoms. The molecule has 1 N–H and O–H groups in total. The minimum atomic E-state index is -0.442. The first-order valence-corrected chi connectivity index (χ1v) is 6.89. The van der Waals surface area contributed by atoms with Crippen molar-refractivity contribution in [2.75, 3.05) is 13.1 Å². The normalized spacial score (nSPS) is 13.4. The van der Waals surface area contributed by atoms with Gasteiger partial charge in [-0.05, 0) is 17.5 Å². The minimum absolute atomic E-state index is 0.293. The lowest BCUT2D eigenvalue weighted by Crippen LogP contribution is -2.46. The molecular weight excluding hydrogens is 280 g/mol. The summed E-state index contributed by atoms with van der Waals surface area (Å²) in [5.41, 5.74) is 0.897. The second kappa shape index (κ2) is 5.44. The first-order chi connectivity index (χ1) is 10.6. The van der Waals surface area contributed by atoms with Crippen molar-refractivity contribution in [1.82, 2.24) is 10.2 Å². The molecule has 0 saturated carbocycles. The van der Waals surface area contributed by atoms with E-state index in [2.05, 4.69) is 11.9 Å². The third kappa shape index (κ3) is 2.16. The van der Waals surface area contributed by atoms with Gasteiger partial charge in [0.1, 0.15) is 6.54 Å². The zero-order valence-corrected chi connectivity index (χ0v) is 11.8. The molecule has 0 aliphatic carbocycles. The van der Waals surface area contributed by atoms with E-state index >= 15 is 0 Å². The molecule has 0 atom stereocenters. The van der Waals surface area contributed by atoms with Crippen molar-refractivity contribution in [3.63, 3.8) is 0 Å². The molecule has 5 nitrogen and oxygen atoms in total. The van der Waals surface area contributed by atoms with Gasteiger partial charge in [-0.1, -0.05) is 30.3 Å². The van der Waals surface area contributed by atoms with E-state index in [4.69, 9.17) is 0 Å². The lowest BCUT2D eigenvalue weighted by Gasteiger charge is -2.26. The quantitative estimate of drug-likeness (QED) is 0.690. The number of carbonyl (C=O) groups is 3. The van der Waals surface area contributed by atoms with E-state index in [1.165, 1.54) is 6.08 Å². The van der Waals surface area contributed by atoms with Gasteiger partial charge in [0.15, 0.2) is 0 Å². The molecule has 0 aromatic heterocycles. The average Bonchev–Trinajstić information content (AvgIpc) is 2.54. The van der Waals surface area contributed by atoms with Gasteiger partial charge in [-0.2, -0.15) is 0 Å². The molecule has 1 aliphatic heterocycles. The molecule has 3 rings (SSSR count). The van der Waals surface area contributed by atoms with E-state index in [0.717, 1.165) is 10.3 Å². The fourth-order valence-electron chi connectivity index (χ4n) is 2.61. The van der Waals surface area contributed by atoms with Gasteiger partial charge in [-0.15, -0.1) is 6.58 Å². The number of hydrogen-bond donors (Lipinski definition) is 1. The Morgan fingerprint density at radius 1 is 1.09 bits per heavy atom. The summed E-state index contributed by atoms with van der Waals surface area (Å²) in [5.74, 6) is -1.28. The number of amides is 3. The van der Waals surface area contributed by atoms with Gasteiger partial charge < -0.3 is 5.32 Å². The molecule has 110 valence electrons. The summed E-state index contributed by atoms with van der Waals surface area (Å²) in [7, 11) is 0. The monoisotopic (exact) mass is 294 g/mol. The Balaban J connectivity index is 2.01. The number of nitrogens with one attached hydrogen (secondary N) is 1. The van der Waals surface area contributed by atoms with Crippen molar-refractivity contribution in [2.24, 2.45) is 0 Å². The smallest absolute Gasteiger partial charge is 0.261 e. The van der Waals surface area contributed by atoms with Crippen LogP contribution in [0.15, 0.2) is 49.1 Å². The van der Waals surface area contributed by atoms with Crippen molar-refractivity contribution in [2.45, 2.75) is 0 Å². The van der Waals surface area contributed by atoms with Crippen LogP contribution in [0.4, 0.5) is 0 Å². The third-order valence-electron chi connectivity index (χ3n) is 3.60. The van der Waals surface area contributed by atoms with E-state index in [1.54, 1.807) is 24.3 Å². The molecule has 0 fully saturated rings. The molecule has 0 saturated heterocycles. The van der Waals surface area contributed by atoms with Gasteiger partial charge in [-0.25, -0.2) is 0 Å². The maximum absolute atomic E-state index is 12.5. The summed E-state index contributed by atoms with van der Waals surface area (Å²) in [5, 5.41) is 4.06. The Hall–Kier alpha value is -2.95. The Morgan fingerprint density at radius 3 is 2.23 bits per heavy atom. The van der Waals surface area contributed by atoms with Gasteiger partial charge in [0.05, 0.1) is 0 Å². The zero-order chi connectivity index (χ0) is 15.7. The fraction of sp³-hybridized carbons (Fsp3) is 0.118. The van der Waals surface area contributed by atoms with Gasteiger partial charge in [-0.3, -0.25) is 19.3 Å². The van der Waals surface area contributed by atoms with Gasteiger partial charge in [0.2, 0.25) is 5.91 Å². The molecule has 2 aromatic carbocycles. The third-order valence-corrected chi connectivity index (χ3v) is 3.60. The molecule has 2 aromatic rings. The SMILES string of the molecule is C=CCNC(=O)CN1C(=O)c2cccc3cccc(c23)C1=O. The lowest BCUT2D eigenvalue weighted by atomic mass is 9.94. The molecular formula is C17H14N2O3. The number of benzene rings is 2. The molecule has 0 bridgehead atoms. The van der Waals surface area contributed by atoms with E-state index in [1.807, 2.05) is 12.1 Å². The highest BCUT2D eigenvalue weighted by Gasteiger charge is 2.33. The van der Waals surface area contributed by atoms with Gasteiger partial charge in [0.25, 0.3) is 11.8 Å². The Morgan fingerprint density at radius 2 is 1.68 bits per heavy atom. The molecule has 1 aliphatic rings. The molecule has 22 heavy (non-hydrogen) atoms. The summed E-state index contributed by atoms with van der Waals surface area (Å²) in [6, 6.07) is 10.6. The van der Waals surface area contributed by atoms with Crippen LogP contribution >= 0.6 is 0 Å². The Labute approximate surface area is 127 Å². The highest BCUT2D eigenvalue weighted by Crippen LogP contribution is 2.29. The van der Waals surface area contributed by atoms with Crippen LogP contribution in [0.25, 0.3) is 10.8 Å². The molecule has 1 heterocycles. The summed E-state index contributed by atoms with van der Waals surface area (Å²) >= 11 is 0. The van der Waals surface area contributed by atoms with Crippen molar-refractivity contribution in [3.05, 3.63) is 60.2 Å². The number of rotatable bonds is 4. The van der Waals surface area contributed by atoms with Crippen molar-refractivity contribution in [3.8, 4) is 0 Å². The van der Waals surface area contributed by atoms with E-state index in [0.29, 0.717) is 23.1 Å². The van der Waals surface area contributed by atoms with Crippen LogP contribution < -0.4 is 5.32 Å². The zero-order valence-electron chi connectivity index (χ0n) is 11.8.